The third-order valence-electron chi connectivity index (χ3n) is 9.05. The van der Waals surface area contributed by atoms with Crippen LogP contribution in [0.3, 0.4) is 0 Å². The number of carbonyl (C=O) groups excluding carboxylic acids is 2. The molecule has 8 nitrogen and oxygen atoms in total. The quantitative estimate of drug-likeness (QED) is 0.257. The highest BCUT2D eigenvalue weighted by atomic mass is 16.5. The van der Waals surface area contributed by atoms with Crippen molar-refractivity contribution in [3.8, 4) is 16.9 Å². The van der Waals surface area contributed by atoms with Gasteiger partial charge in [-0.3, -0.25) is 9.59 Å². The monoisotopic (exact) mass is 578 g/mol. The van der Waals surface area contributed by atoms with Crippen molar-refractivity contribution in [2.45, 2.75) is 37.6 Å². The van der Waals surface area contributed by atoms with Crippen LogP contribution in [0, 0.1) is 5.92 Å². The number of H-pyrrole nitrogens is 1. The van der Waals surface area contributed by atoms with Crippen LogP contribution in [0.4, 0.5) is 11.4 Å². The second kappa shape index (κ2) is 11.9. The van der Waals surface area contributed by atoms with Crippen LogP contribution < -0.4 is 19.9 Å². The van der Waals surface area contributed by atoms with Crippen LogP contribution in [0.1, 0.15) is 37.2 Å². The van der Waals surface area contributed by atoms with Gasteiger partial charge < -0.3 is 29.6 Å². The molecule has 1 aromatic heterocycles. The second-order valence-corrected chi connectivity index (χ2v) is 11.9. The summed E-state index contributed by atoms with van der Waals surface area (Å²) in [6.45, 7) is 2.67. The first kappa shape index (κ1) is 27.7. The molecule has 1 saturated carbocycles. The molecule has 0 spiro atoms. The molecule has 0 unspecified atom stereocenters. The van der Waals surface area contributed by atoms with E-state index in [1.807, 2.05) is 29.3 Å². The topological polar surface area (TPSA) is 86.9 Å². The van der Waals surface area contributed by atoms with E-state index in [0.717, 1.165) is 60.2 Å². The minimum atomic E-state index is -0.192. The summed E-state index contributed by atoms with van der Waals surface area (Å²) in [4.78, 5) is 34.4. The number of fused-ring (bicyclic) bond motifs is 2. The summed E-state index contributed by atoms with van der Waals surface area (Å²) in [6, 6.07) is 23.3. The molecule has 1 saturated heterocycles. The van der Waals surface area contributed by atoms with Gasteiger partial charge in [-0.05, 0) is 90.6 Å². The minimum Gasteiger partial charge on any atom is -0.482 e. The molecule has 8 heteroatoms. The molecule has 7 rings (SSSR count). The van der Waals surface area contributed by atoms with E-state index in [1.54, 1.807) is 12.0 Å². The summed E-state index contributed by atoms with van der Waals surface area (Å²) >= 11 is 0. The number of ether oxygens (including phenoxy) is 2. The zero-order valence-corrected chi connectivity index (χ0v) is 24.6. The van der Waals surface area contributed by atoms with E-state index < -0.39 is 0 Å². The number of amides is 2. The number of carbonyl (C=O) groups is 2. The number of hydrogen-bond donors (Lipinski definition) is 2. The number of anilines is 2. The van der Waals surface area contributed by atoms with Crippen LogP contribution >= 0.6 is 0 Å². The molecule has 3 heterocycles. The smallest absolute Gasteiger partial charge is 0.265 e. The lowest BCUT2D eigenvalue weighted by Gasteiger charge is -2.36. The van der Waals surface area contributed by atoms with Gasteiger partial charge in [0.15, 0.2) is 6.61 Å². The van der Waals surface area contributed by atoms with Crippen molar-refractivity contribution in [2.24, 2.45) is 5.92 Å². The molecule has 1 aliphatic carbocycles. The second-order valence-electron chi connectivity index (χ2n) is 11.9. The van der Waals surface area contributed by atoms with Gasteiger partial charge in [0, 0.05) is 50.2 Å². The Morgan fingerprint density at radius 1 is 1.05 bits per heavy atom. The molecule has 0 bridgehead atoms. The molecule has 2 aliphatic heterocycles. The molecule has 3 aromatic carbocycles. The lowest BCUT2D eigenvalue weighted by atomic mass is 9.79. The zero-order valence-electron chi connectivity index (χ0n) is 24.6. The fourth-order valence-corrected chi connectivity index (χ4v) is 6.68. The fraction of sp³-hybridized carbons (Fsp3) is 0.371. The normalized spacial score (nSPS) is 20.1. The molecule has 2 N–H and O–H groups in total. The maximum atomic E-state index is 14.5. The molecule has 3 aliphatic rings. The summed E-state index contributed by atoms with van der Waals surface area (Å²) in [7, 11) is 1.66. The Kier molecular flexibility index (Phi) is 7.63. The summed E-state index contributed by atoms with van der Waals surface area (Å²) in [5.74, 6) is 0.665. The van der Waals surface area contributed by atoms with Crippen LogP contribution in [0.2, 0.25) is 0 Å². The molecule has 4 aromatic rings. The number of aromatic nitrogens is 1. The number of rotatable bonds is 9. The maximum Gasteiger partial charge on any atom is 0.265 e. The number of piperidine rings is 1. The Morgan fingerprint density at radius 3 is 2.79 bits per heavy atom. The number of nitrogens with zero attached hydrogens (tertiary/aromatic N) is 2. The Balaban J connectivity index is 1.18. The maximum absolute atomic E-state index is 14.5. The molecule has 2 fully saturated rings. The van der Waals surface area contributed by atoms with E-state index in [4.69, 9.17) is 9.47 Å². The average Bonchev–Trinajstić information content (AvgIpc) is 3.76. The van der Waals surface area contributed by atoms with E-state index in [2.05, 4.69) is 58.8 Å². The standard InChI is InChI=1S/C35H38N4O4/c1-42-17-3-16-38-32-20-28(10-11-33(32)43-22-34(38)40)39(27-8-9-27)35(41)30-21-36-14-13-29(30)26-5-2-4-24(18-26)25-7-6-23-12-15-37-31(23)19-25/h2,4-7,10-12,15,18-20,27,29-30,36-37H,3,8-9,13-14,16-17,21-22H2,1H3/t29-,30+/m1/s1. The summed E-state index contributed by atoms with van der Waals surface area (Å²) < 4.78 is 11.0. The van der Waals surface area contributed by atoms with Gasteiger partial charge in [0.25, 0.3) is 5.91 Å². The van der Waals surface area contributed by atoms with Crippen molar-refractivity contribution in [1.29, 1.82) is 0 Å². The molecule has 43 heavy (non-hydrogen) atoms. The van der Waals surface area contributed by atoms with Crippen molar-refractivity contribution >= 4 is 34.1 Å². The van der Waals surface area contributed by atoms with Crippen molar-refractivity contribution in [1.82, 2.24) is 10.3 Å². The third kappa shape index (κ3) is 5.53. The first-order valence-corrected chi connectivity index (χ1v) is 15.4. The lowest BCUT2D eigenvalue weighted by molar-refractivity contribution is -0.123. The van der Waals surface area contributed by atoms with Crippen LogP contribution in [0.5, 0.6) is 5.75 Å². The highest BCUT2D eigenvalue weighted by Crippen LogP contribution is 2.42. The lowest BCUT2D eigenvalue weighted by Crippen LogP contribution is -2.47. The van der Waals surface area contributed by atoms with E-state index >= 15 is 0 Å². The fourth-order valence-electron chi connectivity index (χ4n) is 6.68. The summed E-state index contributed by atoms with van der Waals surface area (Å²) in [5.41, 5.74) is 6.20. The van der Waals surface area contributed by atoms with Crippen molar-refractivity contribution in [3.63, 3.8) is 0 Å². The first-order valence-electron chi connectivity index (χ1n) is 15.4. The van der Waals surface area contributed by atoms with Gasteiger partial charge in [0.05, 0.1) is 11.6 Å². The van der Waals surface area contributed by atoms with Gasteiger partial charge >= 0.3 is 0 Å². The number of methoxy groups -OCH3 is 1. The third-order valence-corrected chi connectivity index (χ3v) is 9.05. The molecular weight excluding hydrogens is 540 g/mol. The number of aromatic amines is 1. The SMILES string of the molecule is COCCCN1C(=O)COc2ccc(N(C(=O)[C@H]3CNCC[C@@H]3c3cccc(-c4ccc5cc[nH]c5c4)c3)C3CC3)cc21. The molecule has 222 valence electrons. The number of hydrogen-bond acceptors (Lipinski definition) is 5. The van der Waals surface area contributed by atoms with E-state index in [-0.39, 0.29) is 36.3 Å². The Labute approximate surface area is 252 Å². The van der Waals surface area contributed by atoms with Crippen LogP contribution in [0.15, 0.2) is 72.9 Å². The Hall–Kier alpha value is -4.14. The summed E-state index contributed by atoms with van der Waals surface area (Å²) in [5, 5.41) is 4.69. The van der Waals surface area contributed by atoms with E-state index in [1.165, 1.54) is 10.9 Å². The first-order chi connectivity index (χ1) is 21.1. The highest BCUT2D eigenvalue weighted by molar-refractivity contribution is 6.01. The highest BCUT2D eigenvalue weighted by Gasteiger charge is 2.41. The van der Waals surface area contributed by atoms with Crippen LogP contribution in [0.25, 0.3) is 22.0 Å². The number of nitrogens with one attached hydrogen (secondary N) is 2. The Morgan fingerprint density at radius 2 is 1.93 bits per heavy atom. The summed E-state index contributed by atoms with van der Waals surface area (Å²) in [6.07, 6.45) is 5.56. The predicted octanol–water partition coefficient (Wildman–Crippen LogP) is 5.49. The van der Waals surface area contributed by atoms with Gasteiger partial charge in [0.1, 0.15) is 5.75 Å². The van der Waals surface area contributed by atoms with E-state index in [0.29, 0.717) is 25.4 Å². The van der Waals surface area contributed by atoms with Gasteiger partial charge in [-0.2, -0.15) is 0 Å². The molecule has 2 atom stereocenters. The predicted molar refractivity (Wildman–Crippen MR) is 169 cm³/mol. The number of benzene rings is 3. The van der Waals surface area contributed by atoms with Gasteiger partial charge in [0.2, 0.25) is 5.91 Å². The molecule has 0 radical (unpaired) electrons. The zero-order chi connectivity index (χ0) is 29.3. The molecular formula is C35H38N4O4. The van der Waals surface area contributed by atoms with Crippen LogP contribution in [-0.4, -0.2) is 62.8 Å². The molecule has 2 amide bonds. The Bertz CT molecular complexity index is 1640. The van der Waals surface area contributed by atoms with Crippen LogP contribution in [-0.2, 0) is 14.3 Å². The largest absolute Gasteiger partial charge is 0.482 e. The van der Waals surface area contributed by atoms with Gasteiger partial charge in [-0.1, -0.05) is 36.4 Å². The van der Waals surface area contributed by atoms with Gasteiger partial charge in [-0.15, -0.1) is 0 Å². The minimum absolute atomic E-state index is 0.0257. The van der Waals surface area contributed by atoms with E-state index in [9.17, 15) is 9.59 Å². The van der Waals surface area contributed by atoms with Crippen molar-refractivity contribution in [3.05, 3.63) is 78.5 Å². The van der Waals surface area contributed by atoms with Crippen molar-refractivity contribution < 1.29 is 19.1 Å². The average molecular weight is 579 g/mol. The van der Waals surface area contributed by atoms with Gasteiger partial charge in [-0.25, -0.2) is 0 Å². The van der Waals surface area contributed by atoms with Crippen molar-refractivity contribution in [2.75, 3.05) is 49.8 Å².